The van der Waals surface area contributed by atoms with E-state index in [4.69, 9.17) is 0 Å². The van der Waals surface area contributed by atoms with Gasteiger partial charge in [-0.15, -0.1) is 0 Å². The molecule has 0 amide bonds. The molecule has 100 valence electrons. The predicted octanol–water partition coefficient (Wildman–Crippen LogP) is 4.32. The van der Waals surface area contributed by atoms with E-state index >= 15 is 0 Å². The first kappa shape index (κ1) is 14.9. The number of benzene rings is 1. The van der Waals surface area contributed by atoms with E-state index in [0.29, 0.717) is 5.56 Å². The van der Waals surface area contributed by atoms with Gasteiger partial charge >= 0.3 is 0 Å². The Morgan fingerprint density at radius 1 is 1.33 bits per heavy atom. The van der Waals surface area contributed by atoms with Gasteiger partial charge < -0.3 is 5.32 Å². The molecule has 0 saturated carbocycles. The number of nitrogens with one attached hydrogen (secondary N) is 1. The second-order valence-electron chi connectivity index (χ2n) is 5.84. The van der Waals surface area contributed by atoms with E-state index in [2.05, 4.69) is 32.2 Å². The Bertz CT molecular complexity index is 427. The van der Waals surface area contributed by atoms with Crippen LogP contribution in [0.4, 0.5) is 4.39 Å². The lowest BCUT2D eigenvalue weighted by molar-refractivity contribution is 0.431. The quantitative estimate of drug-likeness (QED) is 0.784. The van der Waals surface area contributed by atoms with Crippen LogP contribution in [0.3, 0.4) is 0 Å². The largest absolute Gasteiger partial charge is 0.312 e. The molecule has 18 heavy (non-hydrogen) atoms. The van der Waals surface area contributed by atoms with Crippen molar-refractivity contribution >= 4 is 5.57 Å². The maximum atomic E-state index is 13.7. The van der Waals surface area contributed by atoms with Crippen LogP contribution in [-0.4, -0.2) is 12.1 Å². The monoisotopic (exact) mass is 249 g/mol. The van der Waals surface area contributed by atoms with E-state index in [1.54, 1.807) is 6.07 Å². The summed E-state index contributed by atoms with van der Waals surface area (Å²) in [6.45, 7) is 11.3. The molecular weight excluding hydrogens is 225 g/mol. The fourth-order valence-corrected chi connectivity index (χ4v) is 1.79. The van der Waals surface area contributed by atoms with E-state index in [-0.39, 0.29) is 11.4 Å². The van der Waals surface area contributed by atoms with Gasteiger partial charge in [0.25, 0.3) is 0 Å². The highest BCUT2D eigenvalue weighted by Crippen LogP contribution is 2.19. The number of hydrogen-bond acceptors (Lipinski definition) is 1. The second-order valence-corrected chi connectivity index (χ2v) is 5.84. The maximum absolute atomic E-state index is 13.7. The van der Waals surface area contributed by atoms with Crippen LogP contribution in [0, 0.1) is 12.7 Å². The summed E-state index contributed by atoms with van der Waals surface area (Å²) < 4.78 is 13.7. The van der Waals surface area contributed by atoms with Gasteiger partial charge in [0.15, 0.2) is 0 Å². The average molecular weight is 249 g/mol. The minimum atomic E-state index is -0.141. The first-order valence-corrected chi connectivity index (χ1v) is 6.48. The Kier molecular flexibility index (Phi) is 5.09. The molecular formula is C16H24FN. The lowest BCUT2D eigenvalue weighted by Crippen LogP contribution is -2.36. The fraction of sp³-hybridized carbons (Fsp3) is 0.500. The first-order chi connectivity index (χ1) is 8.29. The number of hydrogen-bond donors (Lipinski definition) is 1. The number of allylic oxidation sites excluding steroid dienone is 1. The molecule has 1 aromatic carbocycles. The maximum Gasteiger partial charge on any atom is 0.130 e. The third-order valence-electron chi connectivity index (χ3n) is 2.80. The minimum absolute atomic E-state index is 0.135. The molecule has 1 aromatic rings. The number of aryl methyl sites for hydroxylation is 1. The van der Waals surface area contributed by atoms with Crippen LogP contribution in [0.2, 0.25) is 0 Å². The van der Waals surface area contributed by atoms with Crippen molar-refractivity contribution < 1.29 is 4.39 Å². The summed E-state index contributed by atoms with van der Waals surface area (Å²) in [5.74, 6) is -0.141. The average Bonchev–Trinajstić information content (AvgIpc) is 2.26. The summed E-state index contributed by atoms with van der Waals surface area (Å²) in [6.07, 6.45) is 3.01. The van der Waals surface area contributed by atoms with Crippen LogP contribution in [0.5, 0.6) is 0 Å². The highest BCUT2D eigenvalue weighted by Gasteiger charge is 2.07. The van der Waals surface area contributed by atoms with Crippen LogP contribution in [-0.2, 0) is 0 Å². The molecule has 0 heterocycles. The van der Waals surface area contributed by atoms with Gasteiger partial charge in [0.05, 0.1) is 0 Å². The van der Waals surface area contributed by atoms with Gasteiger partial charge in [-0.05, 0) is 65.3 Å². The van der Waals surface area contributed by atoms with Gasteiger partial charge in [-0.3, -0.25) is 0 Å². The Morgan fingerprint density at radius 3 is 2.61 bits per heavy atom. The van der Waals surface area contributed by atoms with Crippen molar-refractivity contribution in [3.8, 4) is 0 Å². The lowest BCUT2D eigenvalue weighted by Gasteiger charge is -2.19. The zero-order chi connectivity index (χ0) is 13.8. The van der Waals surface area contributed by atoms with E-state index in [1.165, 1.54) is 6.07 Å². The Hall–Kier alpha value is -1.15. The highest BCUT2D eigenvalue weighted by molar-refractivity contribution is 5.64. The van der Waals surface area contributed by atoms with Gasteiger partial charge in [0.1, 0.15) is 5.82 Å². The molecule has 1 N–H and O–H groups in total. The molecule has 1 rings (SSSR count). The van der Waals surface area contributed by atoms with Crippen molar-refractivity contribution in [3.05, 3.63) is 41.2 Å². The van der Waals surface area contributed by atoms with Crippen LogP contribution < -0.4 is 5.32 Å². The fourth-order valence-electron chi connectivity index (χ4n) is 1.79. The Labute approximate surface area is 110 Å². The summed E-state index contributed by atoms with van der Waals surface area (Å²) in [7, 11) is 0. The van der Waals surface area contributed by atoms with Crippen LogP contribution >= 0.6 is 0 Å². The molecule has 0 fully saturated rings. The molecule has 2 heteroatoms. The highest BCUT2D eigenvalue weighted by atomic mass is 19.1. The van der Waals surface area contributed by atoms with Crippen molar-refractivity contribution in [1.29, 1.82) is 0 Å². The molecule has 0 aliphatic carbocycles. The molecule has 0 atom stereocenters. The Morgan fingerprint density at radius 2 is 2.00 bits per heavy atom. The summed E-state index contributed by atoms with van der Waals surface area (Å²) in [4.78, 5) is 0. The Balaban J connectivity index is 2.63. The topological polar surface area (TPSA) is 12.0 Å². The van der Waals surface area contributed by atoms with Gasteiger partial charge in [0, 0.05) is 11.1 Å². The van der Waals surface area contributed by atoms with Crippen LogP contribution in [0.15, 0.2) is 24.3 Å². The van der Waals surface area contributed by atoms with Crippen LogP contribution in [0.1, 0.15) is 45.2 Å². The van der Waals surface area contributed by atoms with E-state index in [9.17, 15) is 4.39 Å². The number of rotatable bonds is 4. The number of halogens is 1. The zero-order valence-electron chi connectivity index (χ0n) is 12.1. The van der Waals surface area contributed by atoms with E-state index < -0.39 is 0 Å². The third-order valence-corrected chi connectivity index (χ3v) is 2.80. The molecule has 0 saturated heterocycles. The molecule has 1 nitrogen and oxygen atoms in total. The van der Waals surface area contributed by atoms with Crippen molar-refractivity contribution in [3.63, 3.8) is 0 Å². The standard InChI is InChI=1S/C16H24FN/c1-12-8-9-15(17)14(11-12)13(2)7-6-10-18-16(3,4)5/h7-9,11,18H,6,10H2,1-5H3. The molecule has 0 bridgehead atoms. The lowest BCUT2D eigenvalue weighted by atomic mass is 10.0. The normalized spacial score (nSPS) is 12.9. The third kappa shape index (κ3) is 5.01. The van der Waals surface area contributed by atoms with Crippen molar-refractivity contribution in [2.45, 2.75) is 46.6 Å². The van der Waals surface area contributed by atoms with E-state index in [1.807, 2.05) is 19.9 Å². The summed E-state index contributed by atoms with van der Waals surface area (Å²) in [5, 5.41) is 3.42. The molecule has 0 unspecified atom stereocenters. The molecule has 0 spiro atoms. The summed E-state index contributed by atoms with van der Waals surface area (Å²) in [5.41, 5.74) is 2.95. The molecule has 0 aliphatic rings. The molecule has 0 radical (unpaired) electrons. The van der Waals surface area contributed by atoms with Gasteiger partial charge in [-0.2, -0.15) is 0 Å². The predicted molar refractivity (Wildman–Crippen MR) is 77.2 cm³/mol. The summed E-state index contributed by atoms with van der Waals surface area (Å²) >= 11 is 0. The van der Waals surface area contributed by atoms with Crippen LogP contribution in [0.25, 0.3) is 5.57 Å². The van der Waals surface area contributed by atoms with Gasteiger partial charge in [-0.25, -0.2) is 4.39 Å². The zero-order valence-corrected chi connectivity index (χ0v) is 12.1. The van der Waals surface area contributed by atoms with Crippen molar-refractivity contribution in [2.75, 3.05) is 6.54 Å². The van der Waals surface area contributed by atoms with Crippen molar-refractivity contribution in [2.24, 2.45) is 0 Å². The molecule has 0 aliphatic heterocycles. The van der Waals surface area contributed by atoms with Crippen molar-refractivity contribution in [1.82, 2.24) is 5.32 Å². The SMILES string of the molecule is CC(=CCCNC(C)(C)C)c1cc(C)ccc1F. The second kappa shape index (κ2) is 6.14. The smallest absolute Gasteiger partial charge is 0.130 e. The van der Waals surface area contributed by atoms with Gasteiger partial charge in [-0.1, -0.05) is 17.7 Å². The molecule has 0 aromatic heterocycles. The summed E-state index contributed by atoms with van der Waals surface area (Å²) in [6, 6.07) is 5.24. The minimum Gasteiger partial charge on any atom is -0.312 e. The van der Waals surface area contributed by atoms with Gasteiger partial charge in [0.2, 0.25) is 0 Å². The van der Waals surface area contributed by atoms with E-state index in [0.717, 1.165) is 24.1 Å². The first-order valence-electron chi connectivity index (χ1n) is 6.48.